The van der Waals surface area contributed by atoms with Crippen LogP contribution in [0, 0.1) is 5.41 Å². The van der Waals surface area contributed by atoms with E-state index < -0.39 is 5.41 Å². The van der Waals surface area contributed by atoms with E-state index >= 15 is 0 Å². The lowest BCUT2D eigenvalue weighted by Crippen LogP contribution is -2.37. The Morgan fingerprint density at radius 1 is 0.931 bits per heavy atom. The Kier molecular flexibility index (Phi) is 9.86. The van der Waals surface area contributed by atoms with Gasteiger partial charge >= 0.3 is 0 Å². The first kappa shape index (κ1) is 24.7. The van der Waals surface area contributed by atoms with E-state index in [9.17, 15) is 9.59 Å². The van der Waals surface area contributed by atoms with Crippen LogP contribution in [0.1, 0.15) is 42.3 Å². The van der Waals surface area contributed by atoms with E-state index in [2.05, 4.69) is 17.4 Å². The molecule has 0 radical (unpaired) electrons. The van der Waals surface area contributed by atoms with Gasteiger partial charge in [-0.1, -0.05) is 63.2 Å². The van der Waals surface area contributed by atoms with Gasteiger partial charge in [0, 0.05) is 37.2 Å². The molecule has 0 saturated carbocycles. The lowest BCUT2D eigenvalue weighted by atomic mass is 9.95. The number of carbonyl (C=O) groups is 2. The number of nitrogens with zero attached hydrogens (tertiary/aromatic N) is 1. The van der Waals surface area contributed by atoms with Crippen molar-refractivity contribution in [2.45, 2.75) is 33.7 Å². The molecule has 158 valence electrons. The van der Waals surface area contributed by atoms with Crippen LogP contribution in [-0.4, -0.2) is 36.3 Å². The molecule has 0 unspecified atom stereocenters. The van der Waals surface area contributed by atoms with E-state index in [1.165, 1.54) is 5.56 Å². The van der Waals surface area contributed by atoms with Crippen LogP contribution in [0.4, 0.5) is 0 Å². The minimum atomic E-state index is -0.419. The molecule has 0 aromatic heterocycles. The summed E-state index contributed by atoms with van der Waals surface area (Å²) in [5.41, 5.74) is 8.08. The third-order valence-corrected chi connectivity index (χ3v) is 4.53. The van der Waals surface area contributed by atoms with E-state index in [-0.39, 0.29) is 24.2 Å². The van der Waals surface area contributed by atoms with Crippen LogP contribution in [-0.2, 0) is 17.8 Å². The number of benzene rings is 2. The van der Waals surface area contributed by atoms with Gasteiger partial charge in [0.05, 0.1) is 0 Å². The topological polar surface area (TPSA) is 75.4 Å². The number of nitrogens with one attached hydrogen (secondary N) is 1. The zero-order chi connectivity index (χ0) is 20.6. The van der Waals surface area contributed by atoms with Crippen LogP contribution in [0.3, 0.4) is 0 Å². The molecule has 0 fully saturated rings. The van der Waals surface area contributed by atoms with Crippen LogP contribution in [0.5, 0.6) is 0 Å². The van der Waals surface area contributed by atoms with E-state index in [0.717, 1.165) is 12.0 Å². The Morgan fingerprint density at radius 2 is 1.55 bits per heavy atom. The molecule has 2 aromatic carbocycles. The fourth-order valence-corrected chi connectivity index (χ4v) is 2.77. The molecule has 0 atom stereocenters. The van der Waals surface area contributed by atoms with E-state index in [4.69, 9.17) is 5.73 Å². The van der Waals surface area contributed by atoms with Gasteiger partial charge in [0.2, 0.25) is 5.91 Å². The van der Waals surface area contributed by atoms with Crippen molar-refractivity contribution in [2.24, 2.45) is 11.1 Å². The molecule has 5 nitrogen and oxygen atoms in total. The predicted octanol–water partition coefficient (Wildman–Crippen LogP) is 3.41. The number of hydrogen-bond donors (Lipinski definition) is 2. The Labute approximate surface area is 180 Å². The monoisotopic (exact) mass is 417 g/mol. The lowest BCUT2D eigenvalue weighted by molar-refractivity contribution is -0.128. The number of nitrogens with two attached hydrogens (primary N) is 1. The maximum atomic E-state index is 12.9. The van der Waals surface area contributed by atoms with Gasteiger partial charge in [0.25, 0.3) is 5.91 Å². The molecule has 0 bridgehead atoms. The molecular formula is C23H32ClN3O2. The average molecular weight is 418 g/mol. The van der Waals surface area contributed by atoms with Crippen molar-refractivity contribution in [1.82, 2.24) is 10.2 Å². The molecule has 2 amide bonds. The van der Waals surface area contributed by atoms with E-state index in [1.807, 2.05) is 63.2 Å². The number of carbonyl (C=O) groups excluding carboxylic acids is 2. The third kappa shape index (κ3) is 7.87. The summed E-state index contributed by atoms with van der Waals surface area (Å²) in [5.74, 6) is -0.0191. The number of hydrogen-bond acceptors (Lipinski definition) is 3. The van der Waals surface area contributed by atoms with Gasteiger partial charge in [-0.2, -0.15) is 0 Å². The highest BCUT2D eigenvalue weighted by Crippen LogP contribution is 2.14. The van der Waals surface area contributed by atoms with Crippen molar-refractivity contribution in [2.75, 3.05) is 19.6 Å². The Morgan fingerprint density at radius 3 is 2.10 bits per heavy atom. The van der Waals surface area contributed by atoms with Gasteiger partial charge in [-0.15, -0.1) is 12.4 Å². The zero-order valence-electron chi connectivity index (χ0n) is 17.5. The SMILES string of the molecule is CC(C)(C)C(=O)NCc1ccc(C(=O)N(CCN)CCc2ccccc2)cc1.Cl. The average Bonchev–Trinajstić information content (AvgIpc) is 2.69. The fourth-order valence-electron chi connectivity index (χ4n) is 2.77. The van der Waals surface area contributed by atoms with Crippen LogP contribution < -0.4 is 11.1 Å². The first-order chi connectivity index (χ1) is 13.3. The molecule has 3 N–H and O–H groups in total. The molecule has 0 heterocycles. The first-order valence-corrected chi connectivity index (χ1v) is 9.72. The van der Waals surface area contributed by atoms with Crippen molar-refractivity contribution in [1.29, 1.82) is 0 Å². The highest BCUT2D eigenvalue weighted by molar-refractivity contribution is 5.94. The maximum Gasteiger partial charge on any atom is 0.253 e. The second-order valence-corrected chi connectivity index (χ2v) is 7.95. The fraction of sp³-hybridized carbons (Fsp3) is 0.391. The number of rotatable bonds is 8. The molecule has 0 saturated heterocycles. The second-order valence-electron chi connectivity index (χ2n) is 7.95. The van der Waals surface area contributed by atoms with E-state index in [1.54, 1.807) is 4.90 Å². The molecule has 2 aromatic rings. The van der Waals surface area contributed by atoms with Crippen molar-refractivity contribution >= 4 is 24.2 Å². The molecule has 0 aliphatic rings. The van der Waals surface area contributed by atoms with Crippen LogP contribution in [0.25, 0.3) is 0 Å². The van der Waals surface area contributed by atoms with Gasteiger partial charge in [0.1, 0.15) is 0 Å². The predicted molar refractivity (Wildman–Crippen MR) is 120 cm³/mol. The van der Waals surface area contributed by atoms with Crippen molar-refractivity contribution in [3.05, 3.63) is 71.3 Å². The van der Waals surface area contributed by atoms with Crippen LogP contribution >= 0.6 is 12.4 Å². The summed E-state index contributed by atoms with van der Waals surface area (Å²) in [6.07, 6.45) is 0.795. The molecule has 0 spiro atoms. The van der Waals surface area contributed by atoms with Gasteiger partial charge in [-0.05, 0) is 29.7 Å². The highest BCUT2D eigenvalue weighted by Gasteiger charge is 2.20. The van der Waals surface area contributed by atoms with Gasteiger partial charge < -0.3 is 16.0 Å². The second kappa shape index (κ2) is 11.6. The summed E-state index contributed by atoms with van der Waals surface area (Å²) in [4.78, 5) is 26.6. The summed E-state index contributed by atoms with van der Waals surface area (Å²) in [6.45, 7) is 7.67. The molecule has 0 aliphatic heterocycles. The maximum absolute atomic E-state index is 12.9. The first-order valence-electron chi connectivity index (χ1n) is 9.72. The van der Waals surface area contributed by atoms with Crippen LogP contribution in [0.15, 0.2) is 54.6 Å². The Balaban J connectivity index is 0.00000420. The minimum Gasteiger partial charge on any atom is -0.352 e. The van der Waals surface area contributed by atoms with Crippen LogP contribution in [0.2, 0.25) is 0 Å². The zero-order valence-corrected chi connectivity index (χ0v) is 18.3. The summed E-state index contributed by atoms with van der Waals surface area (Å²) < 4.78 is 0. The van der Waals surface area contributed by atoms with Gasteiger partial charge in [-0.3, -0.25) is 9.59 Å². The minimum absolute atomic E-state index is 0. The normalized spacial score (nSPS) is 10.8. The summed E-state index contributed by atoms with van der Waals surface area (Å²) in [5, 5.41) is 2.92. The molecule has 2 rings (SSSR count). The standard InChI is InChI=1S/C23H31N3O2.ClH/c1-23(2,3)22(28)25-17-19-9-11-20(12-10-19)21(27)26(16-14-24)15-13-18-7-5-4-6-8-18;/h4-12H,13-17,24H2,1-3H3,(H,25,28);1H. The molecule has 0 aliphatic carbocycles. The smallest absolute Gasteiger partial charge is 0.253 e. The lowest BCUT2D eigenvalue weighted by Gasteiger charge is -2.22. The molecular weight excluding hydrogens is 386 g/mol. The van der Waals surface area contributed by atoms with Gasteiger partial charge in [0.15, 0.2) is 0 Å². The van der Waals surface area contributed by atoms with Crippen molar-refractivity contribution < 1.29 is 9.59 Å². The molecule has 29 heavy (non-hydrogen) atoms. The van der Waals surface area contributed by atoms with Crippen molar-refractivity contribution in [3.8, 4) is 0 Å². The van der Waals surface area contributed by atoms with Gasteiger partial charge in [-0.25, -0.2) is 0 Å². The quantitative estimate of drug-likeness (QED) is 0.691. The van der Waals surface area contributed by atoms with Crippen molar-refractivity contribution in [3.63, 3.8) is 0 Å². The Bertz CT molecular complexity index is 771. The number of halogens is 1. The third-order valence-electron chi connectivity index (χ3n) is 4.53. The molecule has 6 heteroatoms. The number of amides is 2. The van der Waals surface area contributed by atoms with E-state index in [0.29, 0.717) is 31.7 Å². The summed E-state index contributed by atoms with van der Waals surface area (Å²) in [7, 11) is 0. The summed E-state index contributed by atoms with van der Waals surface area (Å²) in [6, 6.07) is 17.5. The summed E-state index contributed by atoms with van der Waals surface area (Å²) >= 11 is 0. The largest absolute Gasteiger partial charge is 0.352 e. The Hall–Kier alpha value is -2.37. The highest BCUT2D eigenvalue weighted by atomic mass is 35.5.